The average molecular weight is 347 g/mol. The van der Waals surface area contributed by atoms with Crippen molar-refractivity contribution in [3.8, 4) is 0 Å². The molecule has 0 aliphatic carbocycles. The second-order valence-corrected chi connectivity index (χ2v) is 5.75. The number of ether oxygens (including phenoxy) is 2. The Balaban J connectivity index is 2.53. The maximum Gasteiger partial charge on any atom is 0.331 e. The summed E-state index contributed by atoms with van der Waals surface area (Å²) < 4.78 is 9.59. The van der Waals surface area contributed by atoms with Crippen LogP contribution in [0.25, 0.3) is 6.08 Å². The molecule has 2 atom stereocenters. The number of hydrogen-bond donors (Lipinski definition) is 1. The minimum absolute atomic E-state index is 0.0898. The van der Waals surface area contributed by atoms with Crippen LogP contribution < -0.4 is 5.32 Å². The van der Waals surface area contributed by atoms with Gasteiger partial charge in [0.15, 0.2) is 6.61 Å². The van der Waals surface area contributed by atoms with Crippen LogP contribution in [0, 0.1) is 12.8 Å². The molecule has 0 heterocycles. The lowest BCUT2D eigenvalue weighted by molar-refractivity contribution is -0.148. The Labute approximate surface area is 148 Å². The summed E-state index contributed by atoms with van der Waals surface area (Å²) in [6.07, 6.45) is 3.59. The van der Waals surface area contributed by atoms with Crippen molar-refractivity contribution < 1.29 is 23.9 Å². The number of benzene rings is 1. The Bertz CT molecular complexity index is 638. The largest absolute Gasteiger partial charge is 0.467 e. The third-order valence-electron chi connectivity index (χ3n) is 3.92. The van der Waals surface area contributed by atoms with Gasteiger partial charge in [0, 0.05) is 6.08 Å². The van der Waals surface area contributed by atoms with Gasteiger partial charge in [0.25, 0.3) is 5.91 Å². The van der Waals surface area contributed by atoms with E-state index < -0.39 is 30.5 Å². The van der Waals surface area contributed by atoms with Gasteiger partial charge < -0.3 is 14.8 Å². The van der Waals surface area contributed by atoms with Crippen molar-refractivity contribution in [3.05, 3.63) is 41.5 Å². The molecule has 0 radical (unpaired) electrons. The van der Waals surface area contributed by atoms with Crippen molar-refractivity contribution in [2.45, 2.75) is 33.2 Å². The molecule has 0 unspecified atom stereocenters. The first-order valence-corrected chi connectivity index (χ1v) is 8.16. The molecule has 0 spiro atoms. The molecular weight excluding hydrogens is 322 g/mol. The van der Waals surface area contributed by atoms with Crippen molar-refractivity contribution in [2.75, 3.05) is 13.7 Å². The Morgan fingerprint density at radius 3 is 2.52 bits per heavy atom. The molecule has 0 aliphatic rings. The predicted molar refractivity (Wildman–Crippen MR) is 94.6 cm³/mol. The smallest absolute Gasteiger partial charge is 0.331 e. The zero-order valence-electron chi connectivity index (χ0n) is 15.1. The summed E-state index contributed by atoms with van der Waals surface area (Å²) in [6, 6.07) is 6.82. The fourth-order valence-corrected chi connectivity index (χ4v) is 2.13. The van der Waals surface area contributed by atoms with E-state index in [2.05, 4.69) is 10.1 Å². The van der Waals surface area contributed by atoms with Crippen molar-refractivity contribution in [3.63, 3.8) is 0 Å². The predicted octanol–water partition coefficient (Wildman–Crippen LogP) is 2.26. The second-order valence-electron chi connectivity index (χ2n) is 5.75. The molecule has 1 aromatic carbocycles. The van der Waals surface area contributed by atoms with Gasteiger partial charge in [-0.15, -0.1) is 0 Å². The van der Waals surface area contributed by atoms with Crippen molar-refractivity contribution in [2.24, 2.45) is 5.92 Å². The van der Waals surface area contributed by atoms with E-state index in [1.807, 2.05) is 45.0 Å². The number of carbonyl (C=O) groups is 3. The van der Waals surface area contributed by atoms with Gasteiger partial charge in [0.1, 0.15) is 6.04 Å². The van der Waals surface area contributed by atoms with Crippen molar-refractivity contribution in [1.82, 2.24) is 5.32 Å². The van der Waals surface area contributed by atoms with Gasteiger partial charge in [-0.2, -0.15) is 0 Å². The van der Waals surface area contributed by atoms with Gasteiger partial charge in [0.2, 0.25) is 0 Å². The van der Waals surface area contributed by atoms with Crippen LogP contribution in [0.5, 0.6) is 0 Å². The molecule has 1 amide bonds. The number of methoxy groups -OCH3 is 1. The molecule has 136 valence electrons. The molecule has 0 saturated heterocycles. The monoisotopic (exact) mass is 347 g/mol. The van der Waals surface area contributed by atoms with Crippen LogP contribution in [0.3, 0.4) is 0 Å². The third-order valence-corrected chi connectivity index (χ3v) is 3.92. The second kappa shape index (κ2) is 10.3. The van der Waals surface area contributed by atoms with E-state index in [0.29, 0.717) is 6.42 Å². The first kappa shape index (κ1) is 20.4. The minimum Gasteiger partial charge on any atom is -0.467 e. The molecule has 0 saturated carbocycles. The highest BCUT2D eigenvalue weighted by Gasteiger charge is 2.26. The zero-order chi connectivity index (χ0) is 18.8. The molecule has 0 aliphatic heterocycles. The van der Waals surface area contributed by atoms with E-state index in [9.17, 15) is 14.4 Å². The van der Waals surface area contributed by atoms with Gasteiger partial charge in [-0.3, -0.25) is 4.79 Å². The molecule has 25 heavy (non-hydrogen) atoms. The fourth-order valence-electron chi connectivity index (χ4n) is 2.13. The standard InChI is InChI=1S/C19H25NO5/c1-5-13(2)18(19(23)24-4)20-16(21)12-25-17(22)11-10-15-9-7-6-8-14(15)3/h6-11,13,18H,5,12H2,1-4H3,(H,20,21)/b11-10+/t13-,18-/m0/s1. The van der Waals surface area contributed by atoms with Crippen LogP contribution in [0.1, 0.15) is 31.4 Å². The Morgan fingerprint density at radius 1 is 1.24 bits per heavy atom. The highest BCUT2D eigenvalue weighted by atomic mass is 16.5. The van der Waals surface area contributed by atoms with E-state index in [0.717, 1.165) is 11.1 Å². The topological polar surface area (TPSA) is 81.7 Å². The molecule has 6 nitrogen and oxygen atoms in total. The van der Waals surface area contributed by atoms with E-state index in [4.69, 9.17) is 4.74 Å². The highest BCUT2D eigenvalue weighted by Crippen LogP contribution is 2.10. The zero-order valence-corrected chi connectivity index (χ0v) is 15.1. The lowest BCUT2D eigenvalue weighted by atomic mass is 9.99. The van der Waals surface area contributed by atoms with Crippen LogP contribution in [0.4, 0.5) is 0 Å². The number of hydrogen-bond acceptors (Lipinski definition) is 5. The van der Waals surface area contributed by atoms with Crippen LogP contribution >= 0.6 is 0 Å². The van der Waals surface area contributed by atoms with Crippen LogP contribution in [0.15, 0.2) is 30.3 Å². The molecule has 1 rings (SSSR count). The normalized spacial score (nSPS) is 13.1. The van der Waals surface area contributed by atoms with Crippen LogP contribution in [-0.4, -0.2) is 37.6 Å². The first-order chi connectivity index (χ1) is 11.9. The van der Waals surface area contributed by atoms with Gasteiger partial charge in [-0.1, -0.05) is 44.5 Å². The van der Waals surface area contributed by atoms with Crippen LogP contribution in [0.2, 0.25) is 0 Å². The maximum absolute atomic E-state index is 11.9. The van der Waals surface area contributed by atoms with Gasteiger partial charge in [0.05, 0.1) is 7.11 Å². The van der Waals surface area contributed by atoms with Crippen LogP contribution in [-0.2, 0) is 23.9 Å². The number of rotatable bonds is 8. The summed E-state index contributed by atoms with van der Waals surface area (Å²) >= 11 is 0. The summed E-state index contributed by atoms with van der Waals surface area (Å²) in [5, 5.41) is 2.54. The van der Waals surface area contributed by atoms with Crippen molar-refractivity contribution >= 4 is 23.9 Å². The van der Waals surface area contributed by atoms with E-state index >= 15 is 0 Å². The number of esters is 2. The number of aryl methyl sites for hydroxylation is 1. The van der Waals surface area contributed by atoms with Gasteiger partial charge >= 0.3 is 11.9 Å². The highest BCUT2D eigenvalue weighted by molar-refractivity contribution is 5.90. The van der Waals surface area contributed by atoms with E-state index in [1.165, 1.54) is 13.2 Å². The van der Waals surface area contributed by atoms with Gasteiger partial charge in [-0.05, 0) is 30.0 Å². The summed E-state index contributed by atoms with van der Waals surface area (Å²) in [5.41, 5.74) is 1.92. The lowest BCUT2D eigenvalue weighted by Gasteiger charge is -2.21. The fraction of sp³-hybridized carbons (Fsp3) is 0.421. The van der Waals surface area contributed by atoms with E-state index in [-0.39, 0.29) is 5.92 Å². The Hall–Kier alpha value is -2.63. The molecule has 1 aromatic rings. The van der Waals surface area contributed by atoms with E-state index in [1.54, 1.807) is 6.08 Å². The number of carbonyl (C=O) groups excluding carboxylic acids is 3. The Morgan fingerprint density at radius 2 is 1.92 bits per heavy atom. The molecule has 0 bridgehead atoms. The quantitative estimate of drug-likeness (QED) is 0.576. The third kappa shape index (κ3) is 6.79. The molecule has 1 N–H and O–H groups in total. The molecule has 0 fully saturated rings. The number of amides is 1. The molecule has 0 aromatic heterocycles. The summed E-state index contributed by atoms with van der Waals surface area (Å²) in [4.78, 5) is 35.3. The number of nitrogens with one attached hydrogen (secondary N) is 1. The first-order valence-electron chi connectivity index (χ1n) is 8.16. The molecule has 6 heteroatoms. The summed E-state index contributed by atoms with van der Waals surface area (Å²) in [6.45, 7) is 5.21. The maximum atomic E-state index is 11.9. The summed E-state index contributed by atoms with van der Waals surface area (Å²) in [7, 11) is 1.26. The van der Waals surface area contributed by atoms with Gasteiger partial charge in [-0.25, -0.2) is 9.59 Å². The minimum atomic E-state index is -0.760. The SMILES string of the molecule is CC[C@H](C)[C@H](NC(=O)COC(=O)/C=C/c1ccccc1C)C(=O)OC. The Kier molecular flexibility index (Phi) is 8.39. The summed E-state index contributed by atoms with van der Waals surface area (Å²) in [5.74, 6) is -1.79. The molecular formula is C19H25NO5. The van der Waals surface area contributed by atoms with Crippen molar-refractivity contribution in [1.29, 1.82) is 0 Å². The lowest BCUT2D eigenvalue weighted by Crippen LogP contribution is -2.47. The average Bonchev–Trinajstić information content (AvgIpc) is 2.62.